The molecule has 2 N–H and O–H groups in total. The second-order valence-corrected chi connectivity index (χ2v) is 4.34. The van der Waals surface area contributed by atoms with E-state index in [0.717, 1.165) is 18.6 Å². The predicted octanol–water partition coefficient (Wildman–Crippen LogP) is 2.14. The number of hydrogen-bond donors (Lipinski definition) is 2. The summed E-state index contributed by atoms with van der Waals surface area (Å²) in [4.78, 5) is 11.2. The van der Waals surface area contributed by atoms with E-state index in [1.54, 1.807) is 0 Å². The van der Waals surface area contributed by atoms with Crippen molar-refractivity contribution >= 4 is 18.4 Å². The molecule has 0 aromatic heterocycles. The molecule has 18 heavy (non-hydrogen) atoms. The molecule has 1 atom stereocenters. The van der Waals surface area contributed by atoms with Crippen molar-refractivity contribution in [2.75, 3.05) is 6.54 Å². The van der Waals surface area contributed by atoms with E-state index in [4.69, 9.17) is 0 Å². The molecular weight excluding hydrogens is 264 g/mol. The Labute approximate surface area is 110 Å². The minimum atomic E-state index is -1.04. The zero-order chi connectivity index (χ0) is 12.5. The van der Waals surface area contributed by atoms with Crippen molar-refractivity contribution in [3.63, 3.8) is 0 Å². The molecule has 0 spiro atoms. The van der Waals surface area contributed by atoms with Gasteiger partial charge in [-0.05, 0) is 37.1 Å². The molecule has 0 unspecified atom stereocenters. The maximum Gasteiger partial charge on any atom is 0.324 e. The zero-order valence-corrected chi connectivity index (χ0v) is 10.4. The molecular formula is C12H14ClF2NO2. The summed E-state index contributed by atoms with van der Waals surface area (Å²) < 4.78 is 25.8. The Bertz CT molecular complexity index is 448. The fourth-order valence-corrected chi connectivity index (χ4v) is 2.21. The van der Waals surface area contributed by atoms with E-state index in [2.05, 4.69) is 5.32 Å². The molecule has 0 radical (unpaired) electrons. The van der Waals surface area contributed by atoms with Crippen molar-refractivity contribution < 1.29 is 18.7 Å². The highest BCUT2D eigenvalue weighted by Gasteiger charge is 2.41. The molecule has 0 aliphatic carbocycles. The van der Waals surface area contributed by atoms with Crippen LogP contribution in [-0.4, -0.2) is 23.2 Å². The number of aliphatic carboxylic acids is 1. The fraction of sp³-hybridized carbons (Fsp3) is 0.417. The largest absolute Gasteiger partial charge is 0.480 e. The molecule has 0 saturated carbocycles. The van der Waals surface area contributed by atoms with Gasteiger partial charge in [0.05, 0.1) is 0 Å². The Morgan fingerprint density at radius 1 is 1.39 bits per heavy atom. The minimum absolute atomic E-state index is 0. The SMILES string of the molecule is Cl.O=C(O)[C@]1(Cc2ccc(F)c(F)c2)CCCN1. The lowest BCUT2D eigenvalue weighted by Gasteiger charge is -2.24. The number of halogens is 3. The van der Waals surface area contributed by atoms with Gasteiger partial charge in [-0.2, -0.15) is 0 Å². The van der Waals surface area contributed by atoms with Crippen LogP contribution in [0.5, 0.6) is 0 Å². The Kier molecular flexibility index (Phi) is 4.65. The molecule has 1 fully saturated rings. The highest BCUT2D eigenvalue weighted by Crippen LogP contribution is 2.25. The van der Waals surface area contributed by atoms with Crippen LogP contribution >= 0.6 is 12.4 Å². The predicted molar refractivity (Wildman–Crippen MR) is 64.9 cm³/mol. The second-order valence-electron chi connectivity index (χ2n) is 4.34. The van der Waals surface area contributed by atoms with Gasteiger partial charge in [0.15, 0.2) is 11.6 Å². The van der Waals surface area contributed by atoms with Crippen LogP contribution in [0.1, 0.15) is 18.4 Å². The van der Waals surface area contributed by atoms with Crippen LogP contribution in [-0.2, 0) is 11.2 Å². The van der Waals surface area contributed by atoms with Crippen LogP contribution in [0.25, 0.3) is 0 Å². The Balaban J connectivity index is 0.00000162. The summed E-state index contributed by atoms with van der Waals surface area (Å²) in [6.07, 6.45) is 1.44. The van der Waals surface area contributed by atoms with Crippen molar-refractivity contribution in [1.82, 2.24) is 5.32 Å². The number of nitrogens with one attached hydrogen (secondary N) is 1. The zero-order valence-electron chi connectivity index (χ0n) is 9.58. The van der Waals surface area contributed by atoms with Gasteiger partial charge in [-0.1, -0.05) is 6.07 Å². The molecule has 3 nitrogen and oxygen atoms in total. The molecule has 0 amide bonds. The van der Waals surface area contributed by atoms with E-state index in [-0.39, 0.29) is 18.8 Å². The summed E-state index contributed by atoms with van der Waals surface area (Å²) in [5, 5.41) is 12.2. The minimum Gasteiger partial charge on any atom is -0.480 e. The third-order valence-electron chi connectivity index (χ3n) is 3.14. The summed E-state index contributed by atoms with van der Waals surface area (Å²) in [6.45, 7) is 0.635. The third kappa shape index (κ3) is 2.79. The second kappa shape index (κ2) is 5.63. The number of carbonyl (C=O) groups is 1. The first kappa shape index (κ1) is 14.9. The molecule has 1 aliphatic rings. The van der Waals surface area contributed by atoms with Crippen LogP contribution in [0.3, 0.4) is 0 Å². The van der Waals surface area contributed by atoms with Gasteiger partial charge in [-0.3, -0.25) is 4.79 Å². The van der Waals surface area contributed by atoms with E-state index < -0.39 is 23.1 Å². The number of benzene rings is 1. The lowest BCUT2D eigenvalue weighted by molar-refractivity contribution is -0.144. The standard InChI is InChI=1S/C12H13F2NO2.ClH/c13-9-3-2-8(6-10(9)14)7-12(11(16)17)4-1-5-15-12;/h2-3,6,15H,1,4-5,7H2,(H,16,17);1H/t12-;/m1./s1. The number of carboxylic acids is 1. The maximum atomic E-state index is 13.0. The van der Waals surface area contributed by atoms with Crippen molar-refractivity contribution in [3.8, 4) is 0 Å². The van der Waals surface area contributed by atoms with Gasteiger partial charge in [-0.25, -0.2) is 8.78 Å². The lowest BCUT2D eigenvalue weighted by Crippen LogP contribution is -2.49. The first-order valence-corrected chi connectivity index (χ1v) is 5.46. The molecule has 1 saturated heterocycles. The maximum absolute atomic E-state index is 13.0. The lowest BCUT2D eigenvalue weighted by atomic mass is 9.89. The van der Waals surface area contributed by atoms with Gasteiger partial charge in [0, 0.05) is 6.42 Å². The Hall–Kier alpha value is -1.20. The van der Waals surface area contributed by atoms with Crippen LogP contribution in [0.15, 0.2) is 18.2 Å². The van der Waals surface area contributed by atoms with E-state index in [1.807, 2.05) is 0 Å². The van der Waals surface area contributed by atoms with Crippen LogP contribution in [0.2, 0.25) is 0 Å². The summed E-state index contributed by atoms with van der Waals surface area (Å²) >= 11 is 0. The van der Waals surface area contributed by atoms with Crippen molar-refractivity contribution in [2.24, 2.45) is 0 Å². The van der Waals surface area contributed by atoms with E-state index >= 15 is 0 Å². The van der Waals surface area contributed by atoms with E-state index in [1.165, 1.54) is 6.07 Å². The van der Waals surface area contributed by atoms with Crippen molar-refractivity contribution in [2.45, 2.75) is 24.8 Å². The molecule has 2 rings (SSSR count). The van der Waals surface area contributed by atoms with Gasteiger partial charge >= 0.3 is 5.97 Å². The van der Waals surface area contributed by atoms with E-state index in [9.17, 15) is 18.7 Å². The monoisotopic (exact) mass is 277 g/mol. The molecule has 1 heterocycles. The third-order valence-corrected chi connectivity index (χ3v) is 3.14. The first-order chi connectivity index (χ1) is 8.03. The molecule has 0 bridgehead atoms. The number of hydrogen-bond acceptors (Lipinski definition) is 2. The van der Waals surface area contributed by atoms with Gasteiger partial charge < -0.3 is 10.4 Å². The Morgan fingerprint density at radius 2 is 2.11 bits per heavy atom. The molecule has 1 aromatic carbocycles. The van der Waals surface area contributed by atoms with Gasteiger partial charge in [-0.15, -0.1) is 12.4 Å². The summed E-state index contributed by atoms with van der Waals surface area (Å²) in [7, 11) is 0. The molecule has 1 aromatic rings. The average Bonchev–Trinajstić information content (AvgIpc) is 2.73. The smallest absolute Gasteiger partial charge is 0.324 e. The number of carboxylic acid groups (broad SMARTS) is 1. The normalized spacial score (nSPS) is 22.6. The molecule has 6 heteroatoms. The summed E-state index contributed by atoms with van der Waals surface area (Å²) in [6, 6.07) is 3.50. The van der Waals surface area contributed by atoms with Crippen molar-refractivity contribution in [1.29, 1.82) is 0 Å². The van der Waals surface area contributed by atoms with Crippen LogP contribution in [0.4, 0.5) is 8.78 Å². The molecule has 1 aliphatic heterocycles. The topological polar surface area (TPSA) is 49.3 Å². The quantitative estimate of drug-likeness (QED) is 0.890. The molecule has 100 valence electrons. The highest BCUT2D eigenvalue weighted by atomic mass is 35.5. The van der Waals surface area contributed by atoms with Gasteiger partial charge in [0.2, 0.25) is 0 Å². The summed E-state index contributed by atoms with van der Waals surface area (Å²) in [5.41, 5.74) is -0.551. The fourth-order valence-electron chi connectivity index (χ4n) is 2.21. The highest BCUT2D eigenvalue weighted by molar-refractivity contribution is 5.85. The average molecular weight is 278 g/mol. The Morgan fingerprint density at radius 3 is 2.61 bits per heavy atom. The van der Waals surface area contributed by atoms with Crippen molar-refractivity contribution in [3.05, 3.63) is 35.4 Å². The van der Waals surface area contributed by atoms with Crippen LogP contribution < -0.4 is 5.32 Å². The summed E-state index contributed by atoms with van der Waals surface area (Å²) in [5.74, 6) is -2.81. The van der Waals surface area contributed by atoms with Crippen LogP contribution in [0, 0.1) is 11.6 Å². The van der Waals surface area contributed by atoms with E-state index in [0.29, 0.717) is 18.5 Å². The van der Waals surface area contributed by atoms with Gasteiger partial charge in [0.25, 0.3) is 0 Å². The van der Waals surface area contributed by atoms with Gasteiger partial charge in [0.1, 0.15) is 5.54 Å². The number of rotatable bonds is 3. The first-order valence-electron chi connectivity index (χ1n) is 5.46.